The second-order valence-corrected chi connectivity index (χ2v) is 5.87. The summed E-state index contributed by atoms with van der Waals surface area (Å²) in [7, 11) is 1.95. The van der Waals surface area contributed by atoms with Gasteiger partial charge in [-0.3, -0.25) is 4.79 Å². The second-order valence-electron chi connectivity index (χ2n) is 5.87. The largest absolute Gasteiger partial charge is 0.344 e. The van der Waals surface area contributed by atoms with E-state index in [9.17, 15) is 4.79 Å². The molecule has 1 amide bonds. The lowest BCUT2D eigenvalue weighted by Crippen LogP contribution is -2.39. The maximum absolute atomic E-state index is 12.4. The van der Waals surface area contributed by atoms with E-state index in [1.165, 1.54) is 18.4 Å². The molecule has 3 unspecified atom stereocenters. The van der Waals surface area contributed by atoms with Gasteiger partial charge < -0.3 is 10.2 Å². The van der Waals surface area contributed by atoms with E-state index in [4.69, 9.17) is 0 Å². The third-order valence-electron chi connectivity index (χ3n) is 4.37. The summed E-state index contributed by atoms with van der Waals surface area (Å²) in [4.78, 5) is 14.3. The van der Waals surface area contributed by atoms with Crippen molar-refractivity contribution in [3.63, 3.8) is 0 Å². The molecule has 0 aromatic heterocycles. The SMILES string of the molecule is CN(CC1CCCN1)C(=O)C1CC1c1ccccc1. The number of carbonyl (C=O) groups excluding carboxylic acids is 1. The highest BCUT2D eigenvalue weighted by atomic mass is 16.2. The number of likely N-dealkylation sites (N-methyl/N-ethyl adjacent to an activating group) is 1. The van der Waals surface area contributed by atoms with Crippen LogP contribution in [0, 0.1) is 5.92 Å². The van der Waals surface area contributed by atoms with Crippen LogP contribution in [-0.4, -0.2) is 37.0 Å². The number of nitrogens with zero attached hydrogens (tertiary/aromatic N) is 1. The summed E-state index contributed by atoms with van der Waals surface area (Å²) in [5, 5.41) is 3.45. The second kappa shape index (κ2) is 5.33. The Labute approximate surface area is 115 Å². The Morgan fingerprint density at radius 1 is 1.37 bits per heavy atom. The van der Waals surface area contributed by atoms with Gasteiger partial charge in [-0.05, 0) is 37.3 Å². The third kappa shape index (κ3) is 2.81. The van der Waals surface area contributed by atoms with Gasteiger partial charge in [-0.2, -0.15) is 0 Å². The number of carbonyl (C=O) groups is 1. The van der Waals surface area contributed by atoms with Gasteiger partial charge in [0, 0.05) is 25.6 Å². The summed E-state index contributed by atoms with van der Waals surface area (Å²) in [5.74, 6) is 0.990. The van der Waals surface area contributed by atoms with Crippen molar-refractivity contribution in [1.29, 1.82) is 0 Å². The summed E-state index contributed by atoms with van der Waals surface area (Å²) in [6.07, 6.45) is 3.46. The molecule has 1 aromatic carbocycles. The molecule has 1 aliphatic carbocycles. The molecular formula is C16H22N2O. The molecule has 3 atom stereocenters. The molecule has 3 rings (SSSR count). The van der Waals surface area contributed by atoms with Crippen LogP contribution in [0.3, 0.4) is 0 Å². The number of hydrogen-bond acceptors (Lipinski definition) is 2. The van der Waals surface area contributed by atoms with Gasteiger partial charge in [-0.1, -0.05) is 30.3 Å². The molecule has 1 aromatic rings. The Hall–Kier alpha value is -1.35. The van der Waals surface area contributed by atoms with Crippen molar-refractivity contribution in [2.24, 2.45) is 5.92 Å². The molecule has 1 aliphatic heterocycles. The zero-order chi connectivity index (χ0) is 13.2. The molecule has 1 heterocycles. The van der Waals surface area contributed by atoms with E-state index in [1.54, 1.807) is 0 Å². The fourth-order valence-corrected chi connectivity index (χ4v) is 3.15. The molecule has 1 saturated heterocycles. The number of rotatable bonds is 4. The van der Waals surface area contributed by atoms with Gasteiger partial charge >= 0.3 is 0 Å². The van der Waals surface area contributed by atoms with Crippen molar-refractivity contribution in [1.82, 2.24) is 10.2 Å². The lowest BCUT2D eigenvalue weighted by molar-refractivity contribution is -0.131. The highest BCUT2D eigenvalue weighted by Gasteiger charge is 2.45. The van der Waals surface area contributed by atoms with Gasteiger partial charge in [-0.15, -0.1) is 0 Å². The molecule has 2 fully saturated rings. The Morgan fingerprint density at radius 3 is 2.84 bits per heavy atom. The fourth-order valence-electron chi connectivity index (χ4n) is 3.15. The summed E-state index contributed by atoms with van der Waals surface area (Å²) in [5.41, 5.74) is 1.31. The zero-order valence-corrected chi connectivity index (χ0v) is 11.5. The van der Waals surface area contributed by atoms with Gasteiger partial charge in [0.25, 0.3) is 0 Å². The normalized spacial score (nSPS) is 29.2. The van der Waals surface area contributed by atoms with Crippen LogP contribution in [0.2, 0.25) is 0 Å². The number of amides is 1. The number of hydrogen-bond donors (Lipinski definition) is 1. The minimum atomic E-state index is 0.216. The molecule has 3 heteroatoms. The van der Waals surface area contributed by atoms with Crippen LogP contribution in [0.5, 0.6) is 0 Å². The Bertz CT molecular complexity index is 439. The predicted molar refractivity (Wildman–Crippen MR) is 76.0 cm³/mol. The van der Waals surface area contributed by atoms with Crippen LogP contribution in [0.25, 0.3) is 0 Å². The molecule has 2 aliphatic rings. The summed E-state index contributed by atoms with van der Waals surface area (Å²) in [6.45, 7) is 1.96. The lowest BCUT2D eigenvalue weighted by Gasteiger charge is -2.21. The molecule has 0 radical (unpaired) electrons. The first-order chi connectivity index (χ1) is 9.25. The quantitative estimate of drug-likeness (QED) is 0.896. The summed E-state index contributed by atoms with van der Waals surface area (Å²) >= 11 is 0. The monoisotopic (exact) mass is 258 g/mol. The van der Waals surface area contributed by atoms with Gasteiger partial charge in [0.15, 0.2) is 0 Å². The Balaban J connectivity index is 1.54. The first kappa shape index (κ1) is 12.7. The van der Waals surface area contributed by atoms with E-state index in [2.05, 4.69) is 29.6 Å². The zero-order valence-electron chi connectivity index (χ0n) is 11.5. The Morgan fingerprint density at radius 2 is 2.16 bits per heavy atom. The molecule has 1 N–H and O–H groups in total. The van der Waals surface area contributed by atoms with E-state index < -0.39 is 0 Å². The first-order valence-electron chi connectivity index (χ1n) is 7.29. The molecular weight excluding hydrogens is 236 g/mol. The van der Waals surface area contributed by atoms with Crippen LogP contribution in [0.15, 0.2) is 30.3 Å². The number of benzene rings is 1. The van der Waals surface area contributed by atoms with Crippen molar-refractivity contribution in [3.8, 4) is 0 Å². The van der Waals surface area contributed by atoms with Gasteiger partial charge in [0.2, 0.25) is 5.91 Å². The Kier molecular flexibility index (Phi) is 3.56. The highest BCUT2D eigenvalue weighted by molar-refractivity contribution is 5.82. The van der Waals surface area contributed by atoms with Crippen LogP contribution in [0.4, 0.5) is 0 Å². The predicted octanol–water partition coefficient (Wildman–Crippen LogP) is 2.00. The van der Waals surface area contributed by atoms with E-state index in [0.717, 1.165) is 19.5 Å². The smallest absolute Gasteiger partial charge is 0.226 e. The van der Waals surface area contributed by atoms with E-state index >= 15 is 0 Å². The summed E-state index contributed by atoms with van der Waals surface area (Å²) in [6, 6.07) is 10.9. The highest BCUT2D eigenvalue weighted by Crippen LogP contribution is 2.48. The molecule has 102 valence electrons. The lowest BCUT2D eigenvalue weighted by atomic mass is 10.1. The number of nitrogens with one attached hydrogen (secondary N) is 1. The van der Waals surface area contributed by atoms with Crippen LogP contribution in [0.1, 0.15) is 30.7 Å². The van der Waals surface area contributed by atoms with E-state index in [1.807, 2.05) is 18.0 Å². The molecule has 1 saturated carbocycles. The molecule has 3 nitrogen and oxygen atoms in total. The summed E-state index contributed by atoms with van der Waals surface area (Å²) < 4.78 is 0. The van der Waals surface area contributed by atoms with E-state index in [0.29, 0.717) is 17.9 Å². The van der Waals surface area contributed by atoms with Crippen molar-refractivity contribution in [2.75, 3.05) is 20.1 Å². The minimum Gasteiger partial charge on any atom is -0.344 e. The standard InChI is InChI=1S/C16H22N2O/c1-18(11-13-8-5-9-17-13)16(19)15-10-14(15)12-6-3-2-4-7-12/h2-4,6-7,13-15,17H,5,8-11H2,1H3. The van der Waals surface area contributed by atoms with Gasteiger partial charge in [-0.25, -0.2) is 0 Å². The van der Waals surface area contributed by atoms with Gasteiger partial charge in [0.05, 0.1) is 0 Å². The molecule has 0 spiro atoms. The minimum absolute atomic E-state index is 0.216. The van der Waals surface area contributed by atoms with Crippen molar-refractivity contribution >= 4 is 5.91 Å². The topological polar surface area (TPSA) is 32.3 Å². The van der Waals surface area contributed by atoms with Crippen molar-refractivity contribution in [2.45, 2.75) is 31.2 Å². The van der Waals surface area contributed by atoms with Crippen LogP contribution in [-0.2, 0) is 4.79 Å². The maximum atomic E-state index is 12.4. The first-order valence-corrected chi connectivity index (χ1v) is 7.29. The average Bonchev–Trinajstić information content (AvgIpc) is 3.09. The third-order valence-corrected chi connectivity index (χ3v) is 4.37. The molecule has 19 heavy (non-hydrogen) atoms. The van der Waals surface area contributed by atoms with Crippen LogP contribution >= 0.6 is 0 Å². The van der Waals surface area contributed by atoms with Crippen molar-refractivity contribution in [3.05, 3.63) is 35.9 Å². The van der Waals surface area contributed by atoms with Crippen molar-refractivity contribution < 1.29 is 4.79 Å². The van der Waals surface area contributed by atoms with E-state index in [-0.39, 0.29) is 5.92 Å². The fraction of sp³-hybridized carbons (Fsp3) is 0.562. The van der Waals surface area contributed by atoms with Gasteiger partial charge in [0.1, 0.15) is 0 Å². The molecule has 0 bridgehead atoms. The average molecular weight is 258 g/mol. The maximum Gasteiger partial charge on any atom is 0.226 e. The van der Waals surface area contributed by atoms with Crippen LogP contribution < -0.4 is 5.32 Å².